The van der Waals surface area contributed by atoms with E-state index in [0.29, 0.717) is 0 Å². The molecule has 4 rings (SSSR count). The average molecular weight is 510 g/mol. The summed E-state index contributed by atoms with van der Waals surface area (Å²) in [6.07, 6.45) is 0. The molecule has 0 unspecified atom stereocenters. The highest BCUT2D eigenvalue weighted by molar-refractivity contribution is 5.96. The highest BCUT2D eigenvalue weighted by Crippen LogP contribution is 2.28. The van der Waals surface area contributed by atoms with Crippen LogP contribution < -0.4 is 9.47 Å². The number of Topliss-reactive ketones (excluding diaryl/α,β-unsaturated/α-hetero) is 2. The first-order valence-electron chi connectivity index (χ1n) is 10.9. The third-order valence-corrected chi connectivity index (χ3v) is 5.30. The number of carbonyl (C=O) groups is 2. The molecule has 0 saturated carbocycles. The molecule has 188 valence electrons. The van der Waals surface area contributed by atoms with Gasteiger partial charge in [0.1, 0.15) is 23.3 Å². The van der Waals surface area contributed by atoms with Gasteiger partial charge < -0.3 is 9.47 Å². The summed E-state index contributed by atoms with van der Waals surface area (Å²) in [5, 5.41) is 0. The van der Waals surface area contributed by atoms with Crippen molar-refractivity contribution in [2.45, 2.75) is 13.8 Å². The fourth-order valence-corrected chi connectivity index (χ4v) is 3.59. The predicted octanol–water partition coefficient (Wildman–Crippen LogP) is 6.19. The van der Waals surface area contributed by atoms with Crippen molar-refractivity contribution < 1.29 is 36.6 Å². The molecule has 0 saturated heterocycles. The van der Waals surface area contributed by atoms with E-state index >= 15 is 0 Å². The molecule has 2 aromatic carbocycles. The number of benzene rings is 2. The Hall–Kier alpha value is -4.60. The Bertz CT molecular complexity index is 1410. The molecule has 10 heteroatoms. The minimum Gasteiger partial charge on any atom is -0.440 e. The number of aromatic nitrogens is 2. The number of halogens is 4. The maximum absolute atomic E-state index is 14.7. The number of pyridine rings is 2. The van der Waals surface area contributed by atoms with E-state index in [0.717, 1.165) is 26.0 Å². The highest BCUT2D eigenvalue weighted by atomic mass is 19.1. The van der Waals surface area contributed by atoms with Gasteiger partial charge in [-0.2, -0.15) is 0 Å². The van der Waals surface area contributed by atoms with Crippen molar-refractivity contribution in [3.63, 3.8) is 0 Å². The number of nitrogens with zero attached hydrogens (tertiary/aromatic N) is 2. The molecule has 0 radical (unpaired) electrons. The zero-order chi connectivity index (χ0) is 26.7. The molecule has 37 heavy (non-hydrogen) atoms. The van der Waals surface area contributed by atoms with Crippen molar-refractivity contribution in [1.29, 1.82) is 0 Å². The van der Waals surface area contributed by atoms with Crippen LogP contribution in [0.15, 0.2) is 60.7 Å². The molecule has 0 fully saturated rings. The lowest BCUT2D eigenvalue weighted by molar-refractivity contribution is 0.0996. The molecule has 2 heterocycles. The molecule has 0 N–H and O–H groups in total. The highest BCUT2D eigenvalue weighted by Gasteiger charge is 2.20. The van der Waals surface area contributed by atoms with E-state index in [-0.39, 0.29) is 41.1 Å². The Balaban J connectivity index is 1.50. The molecule has 6 nitrogen and oxygen atoms in total. The first-order chi connectivity index (χ1) is 17.7. The zero-order valence-corrected chi connectivity index (χ0v) is 19.5. The SMILES string of the molecule is CC(=O)c1c(F)ccc(-c2cccc(OCOc3cccc(-c4ccc(F)c(C(C)=O)c4F)n3)n2)c1F. The Labute approximate surface area is 208 Å². The molecular weight excluding hydrogens is 492 g/mol. The first kappa shape index (κ1) is 25.5. The van der Waals surface area contributed by atoms with Gasteiger partial charge in [-0.1, -0.05) is 12.1 Å². The molecule has 4 aromatic rings. The van der Waals surface area contributed by atoms with Crippen molar-refractivity contribution >= 4 is 11.6 Å². The van der Waals surface area contributed by atoms with Gasteiger partial charge in [0.25, 0.3) is 0 Å². The Morgan fingerprint density at radius 2 is 1.05 bits per heavy atom. The van der Waals surface area contributed by atoms with Gasteiger partial charge in [0.05, 0.1) is 22.5 Å². The summed E-state index contributed by atoms with van der Waals surface area (Å²) in [6, 6.07) is 13.2. The van der Waals surface area contributed by atoms with Crippen LogP contribution in [-0.2, 0) is 0 Å². The van der Waals surface area contributed by atoms with E-state index in [2.05, 4.69) is 9.97 Å². The van der Waals surface area contributed by atoms with E-state index < -0.39 is 46.0 Å². The summed E-state index contributed by atoms with van der Waals surface area (Å²) in [5.74, 6) is -5.44. The smallest absolute Gasteiger partial charge is 0.234 e. The summed E-state index contributed by atoms with van der Waals surface area (Å²) < 4.78 is 68.1. The van der Waals surface area contributed by atoms with Crippen LogP contribution in [0.4, 0.5) is 17.6 Å². The second-order valence-corrected chi connectivity index (χ2v) is 7.81. The summed E-state index contributed by atoms with van der Waals surface area (Å²) in [7, 11) is 0. The molecule has 0 aliphatic carbocycles. The average Bonchev–Trinajstić information content (AvgIpc) is 2.84. The Kier molecular flexibility index (Phi) is 7.28. The molecule has 0 aliphatic rings. The molecular formula is C27H18F4N2O4. The summed E-state index contributed by atoms with van der Waals surface area (Å²) in [4.78, 5) is 31.5. The summed E-state index contributed by atoms with van der Waals surface area (Å²) >= 11 is 0. The zero-order valence-electron chi connectivity index (χ0n) is 19.5. The van der Waals surface area contributed by atoms with Gasteiger partial charge in [-0.05, 0) is 50.2 Å². The number of carbonyl (C=O) groups excluding carboxylic acids is 2. The summed E-state index contributed by atoms with van der Waals surface area (Å²) in [6.45, 7) is 1.73. The van der Waals surface area contributed by atoms with Crippen molar-refractivity contribution in [2.24, 2.45) is 0 Å². The first-order valence-corrected chi connectivity index (χ1v) is 10.9. The second-order valence-electron chi connectivity index (χ2n) is 7.81. The lowest BCUT2D eigenvalue weighted by atomic mass is 10.0. The van der Waals surface area contributed by atoms with Crippen LogP contribution in [0.1, 0.15) is 34.6 Å². The number of ketones is 2. The third kappa shape index (κ3) is 5.32. The number of hydrogen-bond acceptors (Lipinski definition) is 6. The lowest BCUT2D eigenvalue weighted by Crippen LogP contribution is -2.09. The van der Waals surface area contributed by atoms with Crippen molar-refractivity contribution in [2.75, 3.05) is 6.79 Å². The van der Waals surface area contributed by atoms with Crippen LogP contribution in [0.2, 0.25) is 0 Å². The third-order valence-electron chi connectivity index (χ3n) is 5.30. The second kappa shape index (κ2) is 10.6. The summed E-state index contributed by atoms with van der Waals surface area (Å²) in [5.41, 5.74) is -1.28. The van der Waals surface area contributed by atoms with E-state index in [9.17, 15) is 27.2 Å². The topological polar surface area (TPSA) is 78.4 Å². The minimum atomic E-state index is -1.03. The van der Waals surface area contributed by atoms with E-state index in [1.807, 2.05) is 0 Å². The van der Waals surface area contributed by atoms with Gasteiger partial charge in [0.15, 0.2) is 11.6 Å². The number of hydrogen-bond donors (Lipinski definition) is 0. The molecule has 0 spiro atoms. The van der Waals surface area contributed by atoms with Crippen LogP contribution in [0.3, 0.4) is 0 Å². The lowest BCUT2D eigenvalue weighted by Gasteiger charge is -2.11. The van der Waals surface area contributed by atoms with Gasteiger partial charge in [-0.25, -0.2) is 27.5 Å². The largest absolute Gasteiger partial charge is 0.440 e. The quantitative estimate of drug-likeness (QED) is 0.160. The molecule has 2 aromatic heterocycles. The van der Waals surface area contributed by atoms with Crippen molar-refractivity contribution in [1.82, 2.24) is 9.97 Å². The standard InChI is InChI=1S/C27H18F4N2O4/c1-14(34)24-18(28)11-9-16(26(24)30)20-5-3-7-22(32-20)36-13-37-23-8-4-6-21(33-23)17-10-12-19(29)25(15(2)35)27(17)31/h3-12H,13H2,1-2H3. The number of rotatable bonds is 8. The fraction of sp³-hybridized carbons (Fsp3) is 0.111. The minimum absolute atomic E-state index is 0.0393. The normalized spacial score (nSPS) is 10.8. The van der Waals surface area contributed by atoms with E-state index in [1.54, 1.807) is 0 Å². The predicted molar refractivity (Wildman–Crippen MR) is 125 cm³/mol. The van der Waals surface area contributed by atoms with Crippen LogP contribution in [0, 0.1) is 23.3 Å². The van der Waals surface area contributed by atoms with Crippen LogP contribution >= 0.6 is 0 Å². The van der Waals surface area contributed by atoms with Crippen molar-refractivity contribution in [3.8, 4) is 34.3 Å². The molecule has 0 aliphatic heterocycles. The van der Waals surface area contributed by atoms with Gasteiger partial charge >= 0.3 is 0 Å². The maximum Gasteiger partial charge on any atom is 0.234 e. The van der Waals surface area contributed by atoms with Gasteiger partial charge in [-0.15, -0.1) is 0 Å². The van der Waals surface area contributed by atoms with E-state index in [1.165, 1.54) is 48.5 Å². The molecule has 0 atom stereocenters. The van der Waals surface area contributed by atoms with Crippen LogP contribution in [0.25, 0.3) is 22.5 Å². The molecule has 0 bridgehead atoms. The van der Waals surface area contributed by atoms with Gasteiger partial charge in [-0.3, -0.25) is 9.59 Å². The monoisotopic (exact) mass is 510 g/mol. The van der Waals surface area contributed by atoms with Crippen LogP contribution in [-0.4, -0.2) is 28.3 Å². The van der Waals surface area contributed by atoms with Gasteiger partial charge in [0, 0.05) is 23.3 Å². The maximum atomic E-state index is 14.7. The molecule has 0 amide bonds. The van der Waals surface area contributed by atoms with E-state index in [4.69, 9.17) is 9.47 Å². The van der Waals surface area contributed by atoms with Crippen LogP contribution in [0.5, 0.6) is 11.8 Å². The number of ether oxygens (including phenoxy) is 2. The fourth-order valence-electron chi connectivity index (χ4n) is 3.59. The Morgan fingerprint density at radius 3 is 1.43 bits per heavy atom. The van der Waals surface area contributed by atoms with Gasteiger partial charge in [0.2, 0.25) is 18.6 Å². The Morgan fingerprint density at radius 1 is 0.649 bits per heavy atom. The van der Waals surface area contributed by atoms with Crippen molar-refractivity contribution in [3.05, 3.63) is 95.1 Å².